The first-order valence-corrected chi connectivity index (χ1v) is 7.39. The summed E-state index contributed by atoms with van der Waals surface area (Å²) in [6.45, 7) is 8.68. The lowest BCUT2D eigenvalue weighted by Crippen LogP contribution is -2.36. The predicted octanol–water partition coefficient (Wildman–Crippen LogP) is 0.989. The maximum atomic E-state index is 11.2. The molecule has 0 fully saturated rings. The third-order valence-corrected chi connectivity index (χ3v) is 3.51. The number of hydrogen-bond donors (Lipinski definition) is 1. The molecule has 0 saturated carbocycles. The van der Waals surface area contributed by atoms with E-state index in [-0.39, 0.29) is 23.2 Å². The maximum absolute atomic E-state index is 11.2. The fraction of sp³-hybridized carbons (Fsp3) is 1.00. The molecule has 2 N–H and O–H groups in total. The number of rotatable bonds is 7. The lowest BCUT2D eigenvalue weighted by atomic mass is 9.82. The molecule has 0 radical (unpaired) electrons. The summed E-state index contributed by atoms with van der Waals surface area (Å²) < 4.78 is 32.8. The van der Waals surface area contributed by atoms with Crippen molar-refractivity contribution in [3.05, 3.63) is 0 Å². The number of primary sulfonamides is 1. The van der Waals surface area contributed by atoms with Crippen molar-refractivity contribution < 1.29 is 17.9 Å². The van der Waals surface area contributed by atoms with Gasteiger partial charge in [0.05, 0.1) is 25.1 Å². The monoisotopic (exact) mass is 267 g/mol. The van der Waals surface area contributed by atoms with Crippen molar-refractivity contribution in [2.45, 2.75) is 33.8 Å². The van der Waals surface area contributed by atoms with E-state index in [2.05, 4.69) is 0 Å². The van der Waals surface area contributed by atoms with Gasteiger partial charge in [0.2, 0.25) is 10.0 Å². The van der Waals surface area contributed by atoms with E-state index in [1.807, 2.05) is 27.7 Å². The highest BCUT2D eigenvalue weighted by molar-refractivity contribution is 7.89. The third kappa shape index (κ3) is 8.54. The molecular formula is C11H25NO4S. The Morgan fingerprint density at radius 2 is 1.76 bits per heavy atom. The Labute approximate surface area is 105 Å². The molecule has 5 nitrogen and oxygen atoms in total. The van der Waals surface area contributed by atoms with Gasteiger partial charge in [-0.3, -0.25) is 0 Å². The van der Waals surface area contributed by atoms with E-state index in [0.29, 0.717) is 13.2 Å². The van der Waals surface area contributed by atoms with Crippen LogP contribution in [0, 0.1) is 11.3 Å². The summed E-state index contributed by atoms with van der Waals surface area (Å²) in [4.78, 5) is 0. The molecule has 0 aromatic carbocycles. The summed E-state index contributed by atoms with van der Waals surface area (Å²) in [5.41, 5.74) is -0.167. The molecule has 0 aliphatic rings. The normalized spacial score (nSPS) is 16.8. The van der Waals surface area contributed by atoms with Crippen LogP contribution in [0.25, 0.3) is 0 Å². The highest BCUT2D eigenvalue weighted by Gasteiger charge is 2.29. The van der Waals surface area contributed by atoms with Gasteiger partial charge >= 0.3 is 0 Å². The Hall–Kier alpha value is -0.170. The van der Waals surface area contributed by atoms with Crippen molar-refractivity contribution in [3.8, 4) is 0 Å². The smallest absolute Gasteiger partial charge is 0.209 e. The van der Waals surface area contributed by atoms with Crippen molar-refractivity contribution in [1.82, 2.24) is 0 Å². The van der Waals surface area contributed by atoms with E-state index in [9.17, 15) is 8.42 Å². The highest BCUT2D eigenvalue weighted by Crippen LogP contribution is 2.27. The second-order valence-corrected chi connectivity index (χ2v) is 7.15. The van der Waals surface area contributed by atoms with Gasteiger partial charge in [0, 0.05) is 13.0 Å². The molecule has 0 aromatic rings. The Bertz CT molecular complexity index is 308. The van der Waals surface area contributed by atoms with Gasteiger partial charge in [-0.1, -0.05) is 20.8 Å². The van der Waals surface area contributed by atoms with E-state index >= 15 is 0 Å². The summed E-state index contributed by atoms with van der Waals surface area (Å²) in [7, 11) is -1.88. The van der Waals surface area contributed by atoms with Gasteiger partial charge < -0.3 is 9.47 Å². The summed E-state index contributed by atoms with van der Waals surface area (Å²) in [6.07, 6.45) is -0.0506. The minimum Gasteiger partial charge on any atom is -0.382 e. The zero-order valence-electron chi connectivity index (χ0n) is 11.4. The summed E-state index contributed by atoms with van der Waals surface area (Å²) in [5, 5.41) is 5.09. The van der Waals surface area contributed by atoms with Crippen LogP contribution in [-0.4, -0.2) is 40.6 Å². The van der Waals surface area contributed by atoms with Gasteiger partial charge in [-0.15, -0.1) is 0 Å². The average Bonchev–Trinajstić information content (AvgIpc) is 2.09. The van der Waals surface area contributed by atoms with Crippen molar-refractivity contribution in [2.75, 3.05) is 26.1 Å². The first-order valence-electron chi connectivity index (χ1n) is 5.67. The Balaban J connectivity index is 4.42. The Morgan fingerprint density at radius 1 is 1.24 bits per heavy atom. The van der Waals surface area contributed by atoms with Crippen LogP contribution in [-0.2, 0) is 19.5 Å². The van der Waals surface area contributed by atoms with Crippen LogP contribution < -0.4 is 5.14 Å². The second kappa shape index (κ2) is 6.68. The molecule has 104 valence electrons. The predicted molar refractivity (Wildman–Crippen MR) is 68.2 cm³/mol. The number of sulfonamides is 1. The second-order valence-electron chi connectivity index (χ2n) is 5.49. The van der Waals surface area contributed by atoms with Gasteiger partial charge in [0.1, 0.15) is 0 Å². The lowest BCUT2D eigenvalue weighted by Gasteiger charge is -2.30. The zero-order valence-corrected chi connectivity index (χ0v) is 12.2. The van der Waals surface area contributed by atoms with Crippen LogP contribution in [0.2, 0.25) is 0 Å². The molecule has 0 rings (SSSR count). The minimum absolute atomic E-state index is 0.0506. The Kier molecular flexibility index (Phi) is 6.61. The topological polar surface area (TPSA) is 78.6 Å². The van der Waals surface area contributed by atoms with E-state index in [1.54, 1.807) is 7.11 Å². The first kappa shape index (κ1) is 16.8. The van der Waals surface area contributed by atoms with E-state index in [0.717, 1.165) is 0 Å². The highest BCUT2D eigenvalue weighted by atomic mass is 32.2. The quantitative estimate of drug-likeness (QED) is 0.746. The van der Waals surface area contributed by atoms with Gasteiger partial charge in [-0.25, -0.2) is 13.6 Å². The van der Waals surface area contributed by atoms with Gasteiger partial charge in [0.15, 0.2) is 0 Å². The molecule has 17 heavy (non-hydrogen) atoms. The SMILES string of the molecule is COCC(C)OCC(CS(N)(=O)=O)C(C)(C)C. The van der Waals surface area contributed by atoms with Crippen LogP contribution >= 0.6 is 0 Å². The molecule has 0 spiro atoms. The van der Waals surface area contributed by atoms with Gasteiger partial charge in [0.25, 0.3) is 0 Å². The molecule has 0 heterocycles. The minimum atomic E-state index is -3.48. The molecule has 2 atom stereocenters. The third-order valence-electron chi connectivity index (χ3n) is 2.64. The van der Waals surface area contributed by atoms with Crippen LogP contribution in [0.5, 0.6) is 0 Å². The maximum Gasteiger partial charge on any atom is 0.209 e. The van der Waals surface area contributed by atoms with Crippen LogP contribution in [0.3, 0.4) is 0 Å². The molecule has 0 aromatic heterocycles. The van der Waals surface area contributed by atoms with E-state index in [1.165, 1.54) is 0 Å². The van der Waals surface area contributed by atoms with Gasteiger partial charge in [-0.05, 0) is 12.3 Å². The molecule has 0 amide bonds. The largest absolute Gasteiger partial charge is 0.382 e. The summed E-state index contributed by atoms with van der Waals surface area (Å²) in [5.74, 6) is -0.187. The van der Waals surface area contributed by atoms with Crippen LogP contribution in [0.1, 0.15) is 27.7 Å². The van der Waals surface area contributed by atoms with E-state index in [4.69, 9.17) is 14.6 Å². The molecule has 0 aliphatic carbocycles. The molecule has 6 heteroatoms. The molecule has 0 bridgehead atoms. The molecule has 2 unspecified atom stereocenters. The van der Waals surface area contributed by atoms with E-state index < -0.39 is 10.0 Å². The van der Waals surface area contributed by atoms with Crippen LogP contribution in [0.4, 0.5) is 0 Å². The standard InChI is InChI=1S/C11H25NO4S/c1-9(6-15-5)16-7-10(11(2,3)4)8-17(12,13)14/h9-10H,6-8H2,1-5H3,(H2,12,13,14). The Morgan fingerprint density at radius 3 is 2.12 bits per heavy atom. The summed E-state index contributed by atoms with van der Waals surface area (Å²) in [6, 6.07) is 0. The molecule has 0 saturated heterocycles. The number of hydrogen-bond acceptors (Lipinski definition) is 4. The van der Waals surface area contributed by atoms with Crippen molar-refractivity contribution >= 4 is 10.0 Å². The van der Waals surface area contributed by atoms with Crippen molar-refractivity contribution in [3.63, 3.8) is 0 Å². The lowest BCUT2D eigenvalue weighted by molar-refractivity contribution is -0.0197. The first-order chi connectivity index (χ1) is 7.56. The molecule has 0 aliphatic heterocycles. The number of nitrogens with two attached hydrogens (primary N) is 1. The number of ether oxygens (including phenoxy) is 2. The molecular weight excluding hydrogens is 242 g/mol. The van der Waals surface area contributed by atoms with Gasteiger partial charge in [-0.2, -0.15) is 0 Å². The average molecular weight is 267 g/mol. The fourth-order valence-corrected chi connectivity index (χ4v) is 2.55. The van der Waals surface area contributed by atoms with Crippen molar-refractivity contribution in [1.29, 1.82) is 0 Å². The fourth-order valence-electron chi connectivity index (χ4n) is 1.39. The van der Waals surface area contributed by atoms with Crippen LogP contribution in [0.15, 0.2) is 0 Å². The zero-order chi connectivity index (χ0) is 13.7. The van der Waals surface area contributed by atoms with Crippen molar-refractivity contribution in [2.24, 2.45) is 16.5 Å². The number of methoxy groups -OCH3 is 1. The summed E-state index contributed by atoms with van der Waals surface area (Å²) >= 11 is 0.